The first-order valence-electron chi connectivity index (χ1n) is 8.74. The zero-order chi connectivity index (χ0) is 15.9. The van der Waals surface area contributed by atoms with Crippen molar-refractivity contribution in [3.8, 4) is 0 Å². The van der Waals surface area contributed by atoms with Crippen molar-refractivity contribution in [2.45, 2.75) is 58.0 Å². The molecule has 4 atom stereocenters. The number of carbonyl (C=O) groups is 2. The molecule has 0 aromatic rings. The fourth-order valence-electron chi connectivity index (χ4n) is 4.88. The van der Waals surface area contributed by atoms with Crippen molar-refractivity contribution in [3.05, 3.63) is 0 Å². The van der Waals surface area contributed by atoms with Crippen molar-refractivity contribution in [1.82, 2.24) is 10.2 Å². The summed E-state index contributed by atoms with van der Waals surface area (Å²) in [4.78, 5) is 26.6. The number of nitrogens with one attached hydrogen (secondary N) is 1. The van der Waals surface area contributed by atoms with Crippen LogP contribution in [0.2, 0.25) is 0 Å². The predicted molar refractivity (Wildman–Crippen MR) is 83.3 cm³/mol. The van der Waals surface area contributed by atoms with Gasteiger partial charge in [0.05, 0.1) is 11.8 Å². The smallest absolute Gasteiger partial charge is 0.307 e. The molecule has 3 fully saturated rings. The quantitative estimate of drug-likeness (QED) is 0.830. The van der Waals surface area contributed by atoms with Gasteiger partial charge in [0.1, 0.15) is 0 Å². The molecule has 2 aliphatic carbocycles. The van der Waals surface area contributed by atoms with Crippen LogP contribution in [0.15, 0.2) is 0 Å². The molecule has 4 unspecified atom stereocenters. The molecule has 124 valence electrons. The zero-order valence-corrected chi connectivity index (χ0v) is 13.6. The summed E-state index contributed by atoms with van der Waals surface area (Å²) in [6, 6.07) is 0.773. The number of carboxylic acids is 1. The standard InChI is InChI=1S/C17H28N2O3/c1-10(2)19-7-5-13(6-8-19)18-16(20)14-11-3-4-12(9-11)15(14)17(21)22/h10-15H,3-9H2,1-2H3,(H,18,20)(H,21,22). The van der Waals surface area contributed by atoms with Crippen molar-refractivity contribution in [2.75, 3.05) is 13.1 Å². The number of hydrogen-bond acceptors (Lipinski definition) is 3. The fourth-order valence-corrected chi connectivity index (χ4v) is 4.88. The minimum absolute atomic E-state index is 0.00240. The second-order valence-electron chi connectivity index (χ2n) is 7.64. The average molecular weight is 308 g/mol. The summed E-state index contributed by atoms with van der Waals surface area (Å²) in [5, 5.41) is 12.6. The second kappa shape index (κ2) is 6.19. The first-order valence-corrected chi connectivity index (χ1v) is 8.74. The van der Waals surface area contributed by atoms with E-state index in [4.69, 9.17) is 0 Å². The van der Waals surface area contributed by atoms with Gasteiger partial charge in [-0.2, -0.15) is 0 Å². The number of piperidine rings is 1. The van der Waals surface area contributed by atoms with E-state index >= 15 is 0 Å². The minimum Gasteiger partial charge on any atom is -0.481 e. The summed E-state index contributed by atoms with van der Waals surface area (Å²) in [6.45, 7) is 6.43. The number of likely N-dealkylation sites (tertiary alicyclic amines) is 1. The van der Waals surface area contributed by atoms with Gasteiger partial charge in [-0.1, -0.05) is 0 Å². The average Bonchev–Trinajstić information content (AvgIpc) is 3.08. The van der Waals surface area contributed by atoms with Crippen molar-refractivity contribution in [2.24, 2.45) is 23.7 Å². The molecule has 0 aromatic heterocycles. The first kappa shape index (κ1) is 15.8. The number of carbonyl (C=O) groups excluding carboxylic acids is 1. The molecule has 3 rings (SSSR count). The van der Waals surface area contributed by atoms with Crippen LogP contribution in [0.1, 0.15) is 46.0 Å². The highest BCUT2D eigenvalue weighted by atomic mass is 16.4. The third-order valence-corrected chi connectivity index (χ3v) is 6.11. The van der Waals surface area contributed by atoms with Crippen LogP contribution in [-0.2, 0) is 9.59 Å². The van der Waals surface area contributed by atoms with Crippen LogP contribution in [0.25, 0.3) is 0 Å². The molecule has 1 saturated heterocycles. The first-order chi connectivity index (χ1) is 10.5. The predicted octanol–water partition coefficient (Wildman–Crippen LogP) is 1.72. The Morgan fingerprint density at radius 2 is 1.64 bits per heavy atom. The number of nitrogens with zero attached hydrogens (tertiary/aromatic N) is 1. The number of carboxylic acid groups (broad SMARTS) is 1. The summed E-state index contributed by atoms with van der Waals surface area (Å²) >= 11 is 0. The van der Waals surface area contributed by atoms with Gasteiger partial charge in [0.25, 0.3) is 0 Å². The lowest BCUT2D eigenvalue weighted by atomic mass is 9.78. The molecule has 1 aliphatic heterocycles. The van der Waals surface area contributed by atoms with Gasteiger partial charge in [0.15, 0.2) is 0 Å². The molecule has 1 heterocycles. The van der Waals surface area contributed by atoms with Crippen LogP contribution in [0.5, 0.6) is 0 Å². The lowest BCUT2D eigenvalue weighted by Gasteiger charge is -2.36. The molecule has 0 aromatic carbocycles. The summed E-state index contributed by atoms with van der Waals surface area (Å²) in [5.41, 5.74) is 0. The molecule has 0 spiro atoms. The summed E-state index contributed by atoms with van der Waals surface area (Å²) in [7, 11) is 0. The second-order valence-corrected chi connectivity index (χ2v) is 7.64. The van der Waals surface area contributed by atoms with E-state index in [-0.39, 0.29) is 23.8 Å². The Balaban J connectivity index is 1.57. The Morgan fingerprint density at radius 1 is 1.05 bits per heavy atom. The molecule has 3 aliphatic rings. The lowest BCUT2D eigenvalue weighted by molar-refractivity contribution is -0.149. The number of hydrogen-bond donors (Lipinski definition) is 2. The van der Waals surface area contributed by atoms with Crippen LogP contribution in [0.3, 0.4) is 0 Å². The van der Waals surface area contributed by atoms with Crippen LogP contribution in [-0.4, -0.2) is 47.1 Å². The normalized spacial score (nSPS) is 36.0. The summed E-state index contributed by atoms with van der Waals surface area (Å²) in [5.74, 6) is -0.999. The molecule has 1 amide bonds. The molecule has 5 nitrogen and oxygen atoms in total. The Hall–Kier alpha value is -1.10. The van der Waals surface area contributed by atoms with E-state index in [1.807, 2.05) is 0 Å². The van der Waals surface area contributed by atoms with Gasteiger partial charge in [-0.05, 0) is 57.8 Å². The molecule has 5 heteroatoms. The van der Waals surface area contributed by atoms with Crippen LogP contribution < -0.4 is 5.32 Å². The van der Waals surface area contributed by atoms with Crippen LogP contribution >= 0.6 is 0 Å². The Kier molecular flexibility index (Phi) is 4.44. The van der Waals surface area contributed by atoms with Crippen LogP contribution in [0, 0.1) is 23.7 Å². The lowest BCUT2D eigenvalue weighted by Crippen LogP contribution is -2.50. The minimum atomic E-state index is -0.776. The molecule has 2 bridgehead atoms. The highest BCUT2D eigenvalue weighted by Crippen LogP contribution is 2.52. The zero-order valence-electron chi connectivity index (χ0n) is 13.6. The number of aliphatic carboxylic acids is 1. The molecule has 2 N–H and O–H groups in total. The maximum absolute atomic E-state index is 12.6. The third kappa shape index (κ3) is 2.87. The molecule has 0 radical (unpaired) electrons. The Labute approximate surface area is 132 Å². The van der Waals surface area contributed by atoms with E-state index in [1.165, 1.54) is 0 Å². The van der Waals surface area contributed by atoms with Crippen molar-refractivity contribution in [3.63, 3.8) is 0 Å². The largest absolute Gasteiger partial charge is 0.481 e. The maximum atomic E-state index is 12.6. The number of rotatable bonds is 4. The van der Waals surface area contributed by atoms with Gasteiger partial charge in [0, 0.05) is 25.2 Å². The van der Waals surface area contributed by atoms with Crippen LogP contribution in [0.4, 0.5) is 0 Å². The van der Waals surface area contributed by atoms with Gasteiger partial charge in [-0.25, -0.2) is 0 Å². The van der Waals surface area contributed by atoms with E-state index in [1.54, 1.807) is 0 Å². The van der Waals surface area contributed by atoms with E-state index in [2.05, 4.69) is 24.1 Å². The van der Waals surface area contributed by atoms with Gasteiger partial charge >= 0.3 is 5.97 Å². The third-order valence-electron chi connectivity index (χ3n) is 6.11. The highest BCUT2D eigenvalue weighted by molar-refractivity contribution is 5.86. The van der Waals surface area contributed by atoms with Crippen molar-refractivity contribution in [1.29, 1.82) is 0 Å². The molecule has 2 saturated carbocycles. The van der Waals surface area contributed by atoms with E-state index in [0.29, 0.717) is 12.0 Å². The fraction of sp³-hybridized carbons (Fsp3) is 0.882. The number of amides is 1. The van der Waals surface area contributed by atoms with Crippen molar-refractivity contribution < 1.29 is 14.7 Å². The van der Waals surface area contributed by atoms with E-state index < -0.39 is 11.9 Å². The molecular weight excluding hydrogens is 280 g/mol. The number of fused-ring (bicyclic) bond motifs is 2. The van der Waals surface area contributed by atoms with Gasteiger partial charge in [-0.3, -0.25) is 9.59 Å². The topological polar surface area (TPSA) is 69.6 Å². The van der Waals surface area contributed by atoms with Gasteiger partial charge in [0.2, 0.25) is 5.91 Å². The molecule has 22 heavy (non-hydrogen) atoms. The Bertz CT molecular complexity index is 443. The Morgan fingerprint density at radius 3 is 2.18 bits per heavy atom. The van der Waals surface area contributed by atoms with E-state index in [0.717, 1.165) is 45.2 Å². The monoisotopic (exact) mass is 308 g/mol. The van der Waals surface area contributed by atoms with E-state index in [9.17, 15) is 14.7 Å². The van der Waals surface area contributed by atoms with Gasteiger partial charge < -0.3 is 15.3 Å². The SMILES string of the molecule is CC(C)N1CCC(NC(=O)C2C3CCC(C3)C2C(=O)O)CC1. The summed E-state index contributed by atoms with van der Waals surface area (Å²) in [6.07, 6.45) is 4.89. The maximum Gasteiger partial charge on any atom is 0.307 e. The van der Waals surface area contributed by atoms with Crippen molar-refractivity contribution >= 4 is 11.9 Å². The molecular formula is C17H28N2O3. The summed E-state index contributed by atoms with van der Waals surface area (Å²) < 4.78 is 0. The van der Waals surface area contributed by atoms with Gasteiger partial charge in [-0.15, -0.1) is 0 Å². The highest BCUT2D eigenvalue weighted by Gasteiger charge is 2.54.